The Morgan fingerprint density at radius 1 is 1.05 bits per heavy atom. The molecular weight excluding hydrogens is 588 g/mol. The van der Waals surface area contributed by atoms with Crippen LogP contribution in [0, 0.1) is 11.2 Å². The van der Waals surface area contributed by atoms with Crippen LogP contribution in [0.2, 0.25) is 0 Å². The number of phenols is 1. The SMILES string of the molecule is COc1cc(S(=O)(=O)N(CCCC(C)(CCO)C(C)=O)c2cc(NC(=O)OC(C)(C)C(F)(F)F)ccc2O)ccc1F. The largest absolute Gasteiger partial charge is 0.506 e. The van der Waals surface area contributed by atoms with Gasteiger partial charge in [-0.25, -0.2) is 17.6 Å². The third kappa shape index (κ3) is 8.03. The summed E-state index contributed by atoms with van der Waals surface area (Å²) in [6.07, 6.45) is -6.07. The number of hydrogen-bond donors (Lipinski definition) is 3. The van der Waals surface area contributed by atoms with Crippen molar-refractivity contribution in [1.29, 1.82) is 0 Å². The van der Waals surface area contributed by atoms with Gasteiger partial charge in [0, 0.05) is 30.3 Å². The van der Waals surface area contributed by atoms with Crippen molar-refractivity contribution in [1.82, 2.24) is 0 Å². The van der Waals surface area contributed by atoms with Crippen LogP contribution in [0.25, 0.3) is 0 Å². The topological polar surface area (TPSA) is 142 Å². The van der Waals surface area contributed by atoms with Crippen molar-refractivity contribution in [3.63, 3.8) is 0 Å². The third-order valence-corrected chi connectivity index (χ3v) is 8.64. The number of aliphatic hydroxyl groups excluding tert-OH is 1. The molecule has 0 bridgehead atoms. The molecule has 1 atom stereocenters. The maximum atomic E-state index is 14.0. The van der Waals surface area contributed by atoms with Crippen LogP contribution >= 0.6 is 0 Å². The van der Waals surface area contributed by atoms with Gasteiger partial charge in [-0.15, -0.1) is 0 Å². The van der Waals surface area contributed by atoms with E-state index in [2.05, 4.69) is 10.1 Å². The first-order valence-corrected chi connectivity index (χ1v) is 14.1. The molecule has 2 aromatic rings. The maximum absolute atomic E-state index is 14.0. The maximum Gasteiger partial charge on any atom is 0.427 e. The summed E-state index contributed by atoms with van der Waals surface area (Å²) >= 11 is 0. The van der Waals surface area contributed by atoms with E-state index in [0.29, 0.717) is 13.8 Å². The number of methoxy groups -OCH3 is 1. The molecule has 0 aliphatic rings. The van der Waals surface area contributed by atoms with E-state index < -0.39 is 49.8 Å². The fourth-order valence-electron chi connectivity index (χ4n) is 3.87. The Labute approximate surface area is 241 Å². The molecule has 0 aliphatic carbocycles. The highest BCUT2D eigenvalue weighted by Crippen LogP contribution is 2.38. The molecule has 2 rings (SSSR count). The second kappa shape index (κ2) is 13.2. The Bertz CT molecular complexity index is 1400. The van der Waals surface area contributed by atoms with Gasteiger partial charge < -0.3 is 19.7 Å². The fourth-order valence-corrected chi connectivity index (χ4v) is 5.39. The monoisotopic (exact) mass is 622 g/mol. The summed E-state index contributed by atoms with van der Waals surface area (Å²) in [6.45, 7) is 3.62. The van der Waals surface area contributed by atoms with Crippen molar-refractivity contribution in [3.8, 4) is 11.5 Å². The van der Waals surface area contributed by atoms with E-state index in [9.17, 15) is 45.8 Å². The molecule has 0 saturated heterocycles. The second-order valence-corrected chi connectivity index (χ2v) is 12.2. The van der Waals surface area contributed by atoms with E-state index in [4.69, 9.17) is 4.74 Å². The van der Waals surface area contributed by atoms with Gasteiger partial charge in [0.2, 0.25) is 5.60 Å². The standard InChI is InChI=1S/C27H34F4N2O8S/c1-17(35)26(4,12-14-34)11-6-13-33(42(38,39)19-8-9-20(28)23(16-19)40-5)21-15-18(7-10-22(21)36)32-24(37)41-25(2,3)27(29,30)31/h7-10,15-16,34,36H,6,11-14H2,1-5H3,(H,32,37). The Morgan fingerprint density at radius 2 is 1.69 bits per heavy atom. The van der Waals surface area contributed by atoms with Gasteiger partial charge in [0.1, 0.15) is 11.5 Å². The molecule has 0 spiro atoms. The van der Waals surface area contributed by atoms with Gasteiger partial charge in [0.05, 0.1) is 17.7 Å². The minimum absolute atomic E-state index is 0.0482. The summed E-state index contributed by atoms with van der Waals surface area (Å²) in [5.74, 6) is -2.02. The number of carbonyl (C=O) groups excluding carboxylic acids is 2. The number of carbonyl (C=O) groups is 2. The number of hydrogen-bond acceptors (Lipinski definition) is 8. The number of halogens is 4. The molecule has 10 nitrogen and oxygen atoms in total. The number of nitrogens with one attached hydrogen (secondary N) is 1. The lowest BCUT2D eigenvalue weighted by Crippen LogP contribution is -2.44. The zero-order chi connectivity index (χ0) is 32.1. The Balaban J connectivity index is 2.54. The molecule has 0 radical (unpaired) electrons. The van der Waals surface area contributed by atoms with E-state index in [1.807, 2.05) is 0 Å². The minimum Gasteiger partial charge on any atom is -0.506 e. The highest BCUT2D eigenvalue weighted by Gasteiger charge is 2.51. The average molecular weight is 623 g/mol. The first-order valence-electron chi connectivity index (χ1n) is 12.7. The molecule has 3 N–H and O–H groups in total. The highest BCUT2D eigenvalue weighted by molar-refractivity contribution is 7.92. The number of rotatable bonds is 13. The number of anilines is 2. The lowest BCUT2D eigenvalue weighted by Gasteiger charge is -2.30. The van der Waals surface area contributed by atoms with Crippen LogP contribution in [0.3, 0.4) is 0 Å². The van der Waals surface area contributed by atoms with Crippen LogP contribution in [-0.4, -0.2) is 62.5 Å². The molecule has 1 amide bonds. The minimum atomic E-state index is -4.88. The quantitative estimate of drug-likeness (QED) is 0.200. The number of sulfonamides is 1. The summed E-state index contributed by atoms with van der Waals surface area (Å²) in [4.78, 5) is 24.0. The van der Waals surface area contributed by atoms with Gasteiger partial charge in [0.15, 0.2) is 11.6 Å². The summed E-state index contributed by atoms with van der Waals surface area (Å²) < 4.78 is 91.2. The summed E-state index contributed by atoms with van der Waals surface area (Å²) in [5.41, 5.74) is -4.41. The molecule has 0 fully saturated rings. The summed E-state index contributed by atoms with van der Waals surface area (Å²) in [6, 6.07) is 5.90. The average Bonchev–Trinajstić information content (AvgIpc) is 2.87. The third-order valence-electron chi connectivity index (χ3n) is 6.83. The molecule has 2 aromatic carbocycles. The Morgan fingerprint density at radius 3 is 2.24 bits per heavy atom. The highest BCUT2D eigenvalue weighted by atomic mass is 32.2. The van der Waals surface area contributed by atoms with E-state index in [-0.39, 0.29) is 55.3 Å². The van der Waals surface area contributed by atoms with Crippen LogP contribution in [-0.2, 0) is 19.6 Å². The molecule has 15 heteroatoms. The van der Waals surface area contributed by atoms with Gasteiger partial charge in [-0.05, 0) is 70.4 Å². The molecule has 234 valence electrons. The van der Waals surface area contributed by atoms with E-state index in [0.717, 1.165) is 47.8 Å². The van der Waals surface area contributed by atoms with E-state index >= 15 is 0 Å². The zero-order valence-corrected chi connectivity index (χ0v) is 24.5. The molecule has 1 unspecified atom stereocenters. The number of aromatic hydroxyl groups is 1. The van der Waals surface area contributed by atoms with Crippen LogP contribution in [0.4, 0.5) is 33.7 Å². The molecular formula is C27H34F4N2O8S. The Kier molecular flexibility index (Phi) is 10.8. The lowest BCUT2D eigenvalue weighted by atomic mass is 9.79. The number of amides is 1. The predicted octanol–water partition coefficient (Wildman–Crippen LogP) is 5.38. The number of aliphatic hydroxyl groups is 1. The first-order chi connectivity index (χ1) is 19.3. The normalized spacial score (nSPS) is 13.7. The first kappa shape index (κ1) is 34.6. The number of nitrogens with zero attached hydrogens (tertiary/aromatic N) is 1. The van der Waals surface area contributed by atoms with Gasteiger partial charge in [-0.3, -0.25) is 14.4 Å². The number of Topliss-reactive ketones (excluding diaryl/α,β-unsaturated/α-hetero) is 1. The predicted molar refractivity (Wildman–Crippen MR) is 146 cm³/mol. The van der Waals surface area contributed by atoms with Gasteiger partial charge in [-0.1, -0.05) is 6.92 Å². The molecule has 42 heavy (non-hydrogen) atoms. The number of phenolic OH excluding ortho intramolecular Hbond substituents is 1. The molecule has 0 aliphatic heterocycles. The van der Waals surface area contributed by atoms with Gasteiger partial charge >= 0.3 is 12.3 Å². The summed E-state index contributed by atoms with van der Waals surface area (Å²) in [5, 5.41) is 22.1. The second-order valence-electron chi connectivity index (χ2n) is 10.3. The number of ketones is 1. The molecule has 0 aromatic heterocycles. The van der Waals surface area contributed by atoms with Crippen LogP contribution < -0.4 is 14.4 Å². The lowest BCUT2D eigenvalue weighted by molar-refractivity contribution is -0.242. The van der Waals surface area contributed by atoms with E-state index in [1.54, 1.807) is 6.92 Å². The van der Waals surface area contributed by atoms with E-state index in [1.165, 1.54) is 6.92 Å². The van der Waals surface area contributed by atoms with Crippen LogP contribution in [0.15, 0.2) is 41.3 Å². The van der Waals surface area contributed by atoms with Crippen LogP contribution in [0.1, 0.15) is 47.0 Å². The van der Waals surface area contributed by atoms with Crippen molar-refractivity contribution in [2.75, 3.05) is 29.9 Å². The van der Waals surface area contributed by atoms with Crippen molar-refractivity contribution < 1.29 is 55.3 Å². The molecule has 0 heterocycles. The smallest absolute Gasteiger partial charge is 0.427 e. The Hall–Kier alpha value is -3.59. The molecule has 0 saturated carbocycles. The van der Waals surface area contributed by atoms with Crippen molar-refractivity contribution in [2.45, 2.75) is 63.6 Å². The number of benzene rings is 2. The fraction of sp³-hybridized carbons (Fsp3) is 0.481. The number of alkyl halides is 3. The van der Waals surface area contributed by atoms with Crippen molar-refractivity contribution in [2.24, 2.45) is 5.41 Å². The van der Waals surface area contributed by atoms with Crippen LogP contribution in [0.5, 0.6) is 11.5 Å². The van der Waals surface area contributed by atoms with Crippen molar-refractivity contribution in [3.05, 3.63) is 42.2 Å². The van der Waals surface area contributed by atoms with Gasteiger partial charge in [0.25, 0.3) is 10.0 Å². The summed E-state index contributed by atoms with van der Waals surface area (Å²) in [7, 11) is -3.43. The zero-order valence-electron chi connectivity index (χ0n) is 23.7. The van der Waals surface area contributed by atoms with Gasteiger partial charge in [-0.2, -0.15) is 13.2 Å². The number of ether oxygens (including phenoxy) is 2. The van der Waals surface area contributed by atoms with Crippen molar-refractivity contribution >= 4 is 33.3 Å².